The molecule has 0 amide bonds. The Hall–Kier alpha value is -3.47. The molecule has 144 valence electrons. The molecule has 2 N–H and O–H groups in total. The summed E-state index contributed by atoms with van der Waals surface area (Å²) in [5.41, 5.74) is 10.4. The van der Waals surface area contributed by atoms with Crippen LogP contribution in [0.5, 0.6) is 0 Å². The van der Waals surface area contributed by atoms with Crippen LogP contribution >= 0.6 is 0 Å². The van der Waals surface area contributed by atoms with Crippen molar-refractivity contribution in [2.24, 2.45) is 0 Å². The van der Waals surface area contributed by atoms with E-state index < -0.39 is 0 Å². The van der Waals surface area contributed by atoms with Crippen molar-refractivity contribution in [1.29, 1.82) is 0 Å². The highest BCUT2D eigenvalue weighted by Crippen LogP contribution is 2.33. The molecule has 5 heteroatoms. The molecule has 1 aliphatic heterocycles. The lowest BCUT2D eigenvalue weighted by Crippen LogP contribution is -2.33. The zero-order valence-electron chi connectivity index (χ0n) is 16.2. The lowest BCUT2D eigenvalue weighted by atomic mass is 9.89. The summed E-state index contributed by atoms with van der Waals surface area (Å²) in [5, 5.41) is 1.08. The Bertz CT molecular complexity index is 1130. The van der Waals surface area contributed by atoms with E-state index in [0.717, 1.165) is 53.8 Å². The van der Waals surface area contributed by atoms with E-state index in [1.807, 2.05) is 12.1 Å². The smallest absolute Gasteiger partial charge is 0.139 e. The Morgan fingerprint density at radius 2 is 1.62 bits per heavy atom. The van der Waals surface area contributed by atoms with Crippen molar-refractivity contribution in [3.05, 3.63) is 78.8 Å². The quantitative estimate of drug-likeness (QED) is 0.559. The van der Waals surface area contributed by atoms with Crippen LogP contribution in [-0.4, -0.2) is 28.0 Å². The number of aromatic nitrogens is 3. The fourth-order valence-electron chi connectivity index (χ4n) is 4.25. The van der Waals surface area contributed by atoms with Crippen LogP contribution in [0.15, 0.2) is 73.2 Å². The fourth-order valence-corrected chi connectivity index (χ4v) is 4.25. The highest BCUT2D eigenvalue weighted by molar-refractivity contribution is 5.93. The monoisotopic (exact) mass is 381 g/mol. The number of nitrogen functional groups attached to an aromatic ring is 1. The van der Waals surface area contributed by atoms with Crippen LogP contribution in [0.3, 0.4) is 0 Å². The molecule has 4 aromatic rings. The Labute approximate surface area is 170 Å². The van der Waals surface area contributed by atoms with Crippen LogP contribution in [0.1, 0.15) is 24.3 Å². The molecule has 2 aromatic carbocycles. The van der Waals surface area contributed by atoms with Gasteiger partial charge in [0.1, 0.15) is 18.0 Å². The molecule has 0 bridgehead atoms. The van der Waals surface area contributed by atoms with Gasteiger partial charge in [0.15, 0.2) is 0 Å². The van der Waals surface area contributed by atoms with Gasteiger partial charge in [0.2, 0.25) is 0 Å². The summed E-state index contributed by atoms with van der Waals surface area (Å²) in [7, 11) is 0. The lowest BCUT2D eigenvalue weighted by molar-refractivity contribution is 0.503. The second-order valence-electron chi connectivity index (χ2n) is 7.57. The van der Waals surface area contributed by atoms with Gasteiger partial charge >= 0.3 is 0 Å². The molecular weight excluding hydrogens is 358 g/mol. The minimum Gasteiger partial charge on any atom is -0.384 e. The minimum absolute atomic E-state index is 0.523. The van der Waals surface area contributed by atoms with E-state index in [0.29, 0.717) is 11.7 Å². The second-order valence-corrected chi connectivity index (χ2v) is 7.57. The summed E-state index contributed by atoms with van der Waals surface area (Å²) in [6.45, 7) is 2.00. The van der Waals surface area contributed by atoms with Crippen molar-refractivity contribution in [2.75, 3.05) is 23.7 Å². The van der Waals surface area contributed by atoms with E-state index in [4.69, 9.17) is 5.73 Å². The molecule has 0 radical (unpaired) electrons. The first-order chi connectivity index (χ1) is 14.3. The lowest BCUT2D eigenvalue weighted by Gasteiger charge is -2.33. The van der Waals surface area contributed by atoms with E-state index in [2.05, 4.69) is 68.4 Å². The standard InChI is InChI=1S/C24H23N5/c25-23-15-20(8-11-26-23)19-6-7-22-21(14-19)24(28-16-27-22)29-12-9-18(10-13-29)17-4-2-1-3-5-17/h1-8,11,14-16,18H,9-10,12-13H2,(H2,25,26). The maximum atomic E-state index is 5.87. The first kappa shape index (κ1) is 17.6. The third-order valence-corrected chi connectivity index (χ3v) is 5.79. The third kappa shape index (κ3) is 3.51. The predicted octanol–water partition coefficient (Wildman–Crippen LogP) is 4.66. The van der Waals surface area contributed by atoms with E-state index in [1.165, 1.54) is 5.56 Å². The van der Waals surface area contributed by atoms with E-state index in [1.54, 1.807) is 12.5 Å². The summed E-state index contributed by atoms with van der Waals surface area (Å²) >= 11 is 0. The average Bonchev–Trinajstić information content (AvgIpc) is 2.79. The topological polar surface area (TPSA) is 67.9 Å². The Morgan fingerprint density at radius 1 is 0.828 bits per heavy atom. The molecule has 1 fully saturated rings. The van der Waals surface area contributed by atoms with Crippen LogP contribution in [-0.2, 0) is 0 Å². The van der Waals surface area contributed by atoms with Crippen molar-refractivity contribution in [3.8, 4) is 11.1 Å². The summed E-state index contributed by atoms with van der Waals surface area (Å²) in [6.07, 6.45) is 5.68. The van der Waals surface area contributed by atoms with Crippen molar-refractivity contribution < 1.29 is 0 Å². The third-order valence-electron chi connectivity index (χ3n) is 5.79. The van der Waals surface area contributed by atoms with E-state index in [9.17, 15) is 0 Å². The maximum absolute atomic E-state index is 5.87. The van der Waals surface area contributed by atoms with Gasteiger partial charge in [-0.1, -0.05) is 36.4 Å². The number of nitrogens with two attached hydrogens (primary N) is 1. The number of rotatable bonds is 3. The highest BCUT2D eigenvalue weighted by atomic mass is 15.2. The molecule has 0 spiro atoms. The van der Waals surface area contributed by atoms with Crippen molar-refractivity contribution in [3.63, 3.8) is 0 Å². The van der Waals surface area contributed by atoms with Crippen molar-refractivity contribution >= 4 is 22.5 Å². The van der Waals surface area contributed by atoms with Gasteiger partial charge in [0.25, 0.3) is 0 Å². The van der Waals surface area contributed by atoms with Gasteiger partial charge in [-0.15, -0.1) is 0 Å². The molecule has 0 aliphatic carbocycles. The molecule has 0 unspecified atom stereocenters. The zero-order valence-corrected chi connectivity index (χ0v) is 16.2. The van der Waals surface area contributed by atoms with Gasteiger partial charge in [0.05, 0.1) is 5.52 Å². The number of fused-ring (bicyclic) bond motifs is 1. The molecule has 0 saturated carbocycles. The molecule has 29 heavy (non-hydrogen) atoms. The SMILES string of the molecule is Nc1cc(-c2ccc3ncnc(N4CCC(c5ccccc5)CC4)c3c2)ccn1. The zero-order chi connectivity index (χ0) is 19.6. The summed E-state index contributed by atoms with van der Waals surface area (Å²) in [5.74, 6) is 2.16. The maximum Gasteiger partial charge on any atom is 0.139 e. The van der Waals surface area contributed by atoms with Gasteiger partial charge in [-0.25, -0.2) is 15.0 Å². The fraction of sp³-hybridized carbons (Fsp3) is 0.208. The van der Waals surface area contributed by atoms with Crippen LogP contribution < -0.4 is 10.6 Å². The van der Waals surface area contributed by atoms with Crippen LogP contribution in [0.2, 0.25) is 0 Å². The number of anilines is 2. The molecule has 1 saturated heterocycles. The van der Waals surface area contributed by atoms with Gasteiger partial charge in [0, 0.05) is 24.7 Å². The summed E-state index contributed by atoms with van der Waals surface area (Å²) in [6, 6.07) is 21.0. The molecule has 2 aromatic heterocycles. The minimum atomic E-state index is 0.523. The number of nitrogens with zero attached hydrogens (tertiary/aromatic N) is 4. The second kappa shape index (κ2) is 7.51. The van der Waals surface area contributed by atoms with Gasteiger partial charge in [-0.2, -0.15) is 0 Å². The molecule has 0 atom stereocenters. The van der Waals surface area contributed by atoms with E-state index >= 15 is 0 Å². The number of hydrogen-bond donors (Lipinski definition) is 1. The first-order valence-electron chi connectivity index (χ1n) is 10.0. The predicted molar refractivity (Wildman–Crippen MR) is 118 cm³/mol. The average molecular weight is 381 g/mol. The largest absolute Gasteiger partial charge is 0.384 e. The molecule has 3 heterocycles. The van der Waals surface area contributed by atoms with Crippen molar-refractivity contribution in [1.82, 2.24) is 15.0 Å². The normalized spacial score (nSPS) is 15.0. The van der Waals surface area contributed by atoms with Crippen LogP contribution in [0.25, 0.3) is 22.0 Å². The number of hydrogen-bond acceptors (Lipinski definition) is 5. The van der Waals surface area contributed by atoms with Gasteiger partial charge in [-0.3, -0.25) is 0 Å². The molecule has 1 aliphatic rings. The van der Waals surface area contributed by atoms with Crippen LogP contribution in [0, 0.1) is 0 Å². The van der Waals surface area contributed by atoms with E-state index in [-0.39, 0.29) is 0 Å². The number of benzene rings is 2. The Morgan fingerprint density at radius 3 is 2.41 bits per heavy atom. The van der Waals surface area contributed by atoms with Gasteiger partial charge < -0.3 is 10.6 Å². The Kier molecular flexibility index (Phi) is 4.56. The highest BCUT2D eigenvalue weighted by Gasteiger charge is 2.22. The number of piperidine rings is 1. The molecule has 5 rings (SSSR count). The van der Waals surface area contributed by atoms with Crippen LogP contribution in [0.4, 0.5) is 11.6 Å². The summed E-state index contributed by atoms with van der Waals surface area (Å²) < 4.78 is 0. The number of pyridine rings is 1. The first-order valence-corrected chi connectivity index (χ1v) is 10.0. The molecular formula is C24H23N5. The Balaban J connectivity index is 1.45. The summed E-state index contributed by atoms with van der Waals surface area (Å²) in [4.78, 5) is 15.6. The van der Waals surface area contributed by atoms with Gasteiger partial charge in [-0.05, 0) is 59.7 Å². The molecule has 5 nitrogen and oxygen atoms in total. The van der Waals surface area contributed by atoms with Crippen molar-refractivity contribution in [2.45, 2.75) is 18.8 Å².